The first-order chi connectivity index (χ1) is 2.91. The topological polar surface area (TPSA) is 52.0 Å². The molecule has 0 spiro atoms. The summed E-state index contributed by atoms with van der Waals surface area (Å²) in [6, 6.07) is 0. The second-order valence-electron chi connectivity index (χ2n) is 1.28. The molecule has 0 bridgehead atoms. The van der Waals surface area contributed by atoms with Crippen molar-refractivity contribution in [1.29, 1.82) is 0 Å². The summed E-state index contributed by atoms with van der Waals surface area (Å²) >= 11 is 0. The molecule has 0 aliphatic carbocycles. The van der Waals surface area contributed by atoms with Gasteiger partial charge in [-0.3, -0.25) is 0 Å². The Hall–Kier alpha value is 1.30. The van der Waals surface area contributed by atoms with E-state index in [0.717, 1.165) is 25.9 Å². The Morgan fingerprint density at radius 1 is 0.857 bits per heavy atom. The van der Waals surface area contributed by atoms with E-state index in [1.807, 2.05) is 0 Å². The van der Waals surface area contributed by atoms with Crippen molar-refractivity contribution in [2.75, 3.05) is 13.1 Å². The molecule has 0 aromatic heterocycles. The van der Waals surface area contributed by atoms with E-state index in [1.54, 1.807) is 0 Å². The third-order valence-corrected chi connectivity index (χ3v) is 0.658. The van der Waals surface area contributed by atoms with Crippen LogP contribution >= 0.6 is 0 Å². The minimum absolute atomic E-state index is 0. The second kappa shape index (κ2) is 10.3. The maximum atomic E-state index is 5.16. The van der Waals surface area contributed by atoms with E-state index in [-0.39, 0.29) is 41.7 Å². The van der Waals surface area contributed by atoms with E-state index < -0.39 is 0 Å². The molecule has 4 N–H and O–H groups in total. The average molecular weight is 228 g/mol. The largest absolute Gasteiger partial charge is 0.330 e. The van der Waals surface area contributed by atoms with Crippen molar-refractivity contribution in [2.45, 2.75) is 12.8 Å². The van der Waals surface area contributed by atoms with E-state index in [4.69, 9.17) is 11.5 Å². The van der Waals surface area contributed by atoms with Crippen LogP contribution in [0.2, 0.25) is 0 Å². The van der Waals surface area contributed by atoms with Crippen LogP contribution in [0.4, 0.5) is 0 Å². The molecule has 3 heteroatoms. The summed E-state index contributed by atoms with van der Waals surface area (Å²) < 4.78 is 0. The molecule has 0 heterocycles. The van der Waals surface area contributed by atoms with E-state index >= 15 is 0 Å². The maximum Gasteiger partial charge on any atom is 0 e. The number of hydrogen-bond donors (Lipinski definition) is 2. The van der Waals surface area contributed by atoms with Crippen molar-refractivity contribution >= 4 is 0 Å². The molecule has 0 fully saturated rings. The monoisotopic (exact) mass is 228 g/mol. The van der Waals surface area contributed by atoms with Crippen LogP contribution in [0.25, 0.3) is 0 Å². The molecule has 0 aliphatic heterocycles. The molecule has 0 amide bonds. The quantitative estimate of drug-likeness (QED) is 0.651. The zero-order valence-corrected chi connectivity index (χ0v) is 7.62. The standard InChI is InChI=1S/C4H12N2.Ce/c5-3-1-2-4-6;/h1-6H2;. The van der Waals surface area contributed by atoms with Crippen molar-refractivity contribution in [3.63, 3.8) is 0 Å². The number of hydrogen-bond acceptors (Lipinski definition) is 2. The van der Waals surface area contributed by atoms with Crippen molar-refractivity contribution in [2.24, 2.45) is 11.5 Å². The van der Waals surface area contributed by atoms with Gasteiger partial charge in [-0.15, -0.1) is 0 Å². The summed E-state index contributed by atoms with van der Waals surface area (Å²) in [6.45, 7) is 1.55. The van der Waals surface area contributed by atoms with Gasteiger partial charge in [-0.05, 0) is 25.9 Å². The van der Waals surface area contributed by atoms with Gasteiger partial charge in [0.25, 0.3) is 0 Å². The Morgan fingerprint density at radius 2 is 1.14 bits per heavy atom. The first-order valence-corrected chi connectivity index (χ1v) is 2.32. The molecule has 0 unspecified atom stereocenters. The van der Waals surface area contributed by atoms with E-state index in [2.05, 4.69) is 0 Å². The van der Waals surface area contributed by atoms with Gasteiger partial charge in [-0.2, -0.15) is 0 Å². The molecular weight excluding hydrogens is 216 g/mol. The minimum Gasteiger partial charge on any atom is -0.330 e. The van der Waals surface area contributed by atoms with Crippen molar-refractivity contribution in [3.05, 3.63) is 0 Å². The summed E-state index contributed by atoms with van der Waals surface area (Å²) in [5.74, 6) is 0. The number of nitrogens with two attached hydrogens (primary N) is 2. The zero-order valence-electron chi connectivity index (χ0n) is 4.48. The Kier molecular flexibility index (Phi) is 16.4. The van der Waals surface area contributed by atoms with Crippen molar-refractivity contribution in [3.8, 4) is 0 Å². The third-order valence-electron chi connectivity index (χ3n) is 0.658. The van der Waals surface area contributed by atoms with E-state index in [9.17, 15) is 0 Å². The van der Waals surface area contributed by atoms with Gasteiger partial charge in [0.05, 0.1) is 0 Å². The van der Waals surface area contributed by atoms with Crippen LogP contribution in [0, 0.1) is 41.7 Å². The summed E-state index contributed by atoms with van der Waals surface area (Å²) in [5.41, 5.74) is 10.3. The van der Waals surface area contributed by atoms with Crippen LogP contribution in [0.15, 0.2) is 0 Å². The predicted molar refractivity (Wildman–Crippen MR) is 27.3 cm³/mol. The van der Waals surface area contributed by atoms with Gasteiger partial charge in [0.2, 0.25) is 0 Å². The van der Waals surface area contributed by atoms with Crippen molar-refractivity contribution < 1.29 is 41.7 Å². The van der Waals surface area contributed by atoms with Crippen LogP contribution in [-0.2, 0) is 0 Å². The number of unbranched alkanes of at least 4 members (excludes halogenated alkanes) is 1. The van der Waals surface area contributed by atoms with E-state index in [0.29, 0.717) is 0 Å². The molecule has 0 atom stereocenters. The van der Waals surface area contributed by atoms with Crippen LogP contribution in [0.1, 0.15) is 12.8 Å². The van der Waals surface area contributed by atoms with Crippen LogP contribution in [-0.4, -0.2) is 13.1 Å². The van der Waals surface area contributed by atoms with Gasteiger partial charge in [0.1, 0.15) is 0 Å². The first kappa shape index (κ1) is 11.1. The predicted octanol–water partition coefficient (Wildman–Crippen LogP) is -0.316. The minimum atomic E-state index is 0. The number of rotatable bonds is 3. The molecule has 0 aromatic rings. The van der Waals surface area contributed by atoms with Gasteiger partial charge >= 0.3 is 0 Å². The fourth-order valence-corrected chi connectivity index (χ4v) is 0.289. The normalized spacial score (nSPS) is 7.71. The molecule has 0 aliphatic rings. The van der Waals surface area contributed by atoms with Crippen LogP contribution in [0.3, 0.4) is 0 Å². The maximum absolute atomic E-state index is 5.16. The Balaban J connectivity index is 0. The fraction of sp³-hybridized carbons (Fsp3) is 1.00. The van der Waals surface area contributed by atoms with E-state index in [1.165, 1.54) is 0 Å². The third kappa shape index (κ3) is 11.1. The first-order valence-electron chi connectivity index (χ1n) is 2.32. The van der Waals surface area contributed by atoms with Gasteiger partial charge in [0.15, 0.2) is 0 Å². The Labute approximate surface area is 78.4 Å². The van der Waals surface area contributed by atoms with Crippen LogP contribution in [0.5, 0.6) is 0 Å². The Bertz CT molecular complexity index is 21.7. The molecule has 0 radical (unpaired) electrons. The summed E-state index contributed by atoms with van der Waals surface area (Å²) in [4.78, 5) is 0. The molecule has 0 rings (SSSR count). The van der Waals surface area contributed by atoms with Gasteiger partial charge in [-0.1, -0.05) is 0 Å². The summed E-state index contributed by atoms with van der Waals surface area (Å²) in [7, 11) is 0. The zero-order chi connectivity index (χ0) is 4.83. The van der Waals surface area contributed by atoms with Crippen molar-refractivity contribution in [1.82, 2.24) is 0 Å². The molecular formula is C4H12CeN2. The molecule has 7 heavy (non-hydrogen) atoms. The molecule has 2 nitrogen and oxygen atoms in total. The molecule has 0 aromatic carbocycles. The summed E-state index contributed by atoms with van der Waals surface area (Å²) in [5, 5.41) is 0. The molecule has 42 valence electrons. The van der Waals surface area contributed by atoms with Gasteiger partial charge in [-0.25, -0.2) is 0 Å². The van der Waals surface area contributed by atoms with Crippen LogP contribution < -0.4 is 11.5 Å². The molecule has 0 saturated carbocycles. The smallest absolute Gasteiger partial charge is 0 e. The second-order valence-corrected chi connectivity index (χ2v) is 1.28. The Morgan fingerprint density at radius 3 is 1.29 bits per heavy atom. The molecule has 0 saturated heterocycles. The average Bonchev–Trinajstić information content (AvgIpc) is 1.61. The fourth-order valence-electron chi connectivity index (χ4n) is 0.289. The SMILES string of the molecule is NCCCCN.[Ce]. The van der Waals surface area contributed by atoms with Gasteiger partial charge < -0.3 is 11.5 Å². The summed E-state index contributed by atoms with van der Waals surface area (Å²) in [6.07, 6.45) is 2.13. The van der Waals surface area contributed by atoms with Gasteiger partial charge in [0, 0.05) is 41.7 Å².